The fourth-order valence-corrected chi connectivity index (χ4v) is 2.93. The smallest absolute Gasteiger partial charge is 0.274 e. The number of carbonyl (C=O) groups is 1. The Morgan fingerprint density at radius 3 is 2.80 bits per heavy atom. The minimum Gasteiger partial charge on any atom is -0.334 e. The van der Waals surface area contributed by atoms with Gasteiger partial charge in [0.1, 0.15) is 5.69 Å². The summed E-state index contributed by atoms with van der Waals surface area (Å²) >= 11 is 0. The number of nitrogens with zero attached hydrogens (tertiary/aromatic N) is 3. The average Bonchev–Trinajstić information content (AvgIpc) is 2.83. The molecule has 2 aromatic rings. The van der Waals surface area contributed by atoms with Crippen LogP contribution in [0.25, 0.3) is 11.0 Å². The summed E-state index contributed by atoms with van der Waals surface area (Å²) in [5.41, 5.74) is 1.98. The molecule has 1 fully saturated rings. The molecule has 5 heteroatoms. The van der Waals surface area contributed by atoms with E-state index in [1.165, 1.54) is 0 Å². The van der Waals surface area contributed by atoms with Crippen LogP contribution in [0.3, 0.4) is 0 Å². The zero-order valence-corrected chi connectivity index (χ0v) is 11.7. The average molecular weight is 271 g/mol. The summed E-state index contributed by atoms with van der Waals surface area (Å²) < 4.78 is 1.62. The number of fused-ring (bicyclic) bond motifs is 1. The molecule has 1 aromatic heterocycles. The number of para-hydroxylation sites is 2. The number of hydrogen-bond donors (Lipinski definition) is 0. The summed E-state index contributed by atoms with van der Waals surface area (Å²) in [6, 6.07) is 7.38. The maximum atomic E-state index is 12.5. The summed E-state index contributed by atoms with van der Waals surface area (Å²) in [6.07, 6.45) is 1.17. The van der Waals surface area contributed by atoms with Crippen molar-refractivity contribution in [3.8, 4) is 0 Å². The van der Waals surface area contributed by atoms with Crippen LogP contribution in [0, 0.1) is 0 Å². The van der Waals surface area contributed by atoms with Crippen molar-refractivity contribution in [3.05, 3.63) is 40.3 Å². The first kappa shape index (κ1) is 12.8. The minimum absolute atomic E-state index is 0.106. The van der Waals surface area contributed by atoms with Gasteiger partial charge in [-0.1, -0.05) is 12.1 Å². The molecule has 0 saturated carbocycles. The van der Waals surface area contributed by atoms with Crippen molar-refractivity contribution in [2.24, 2.45) is 7.05 Å². The lowest BCUT2D eigenvalue weighted by Gasteiger charge is -2.22. The van der Waals surface area contributed by atoms with E-state index in [-0.39, 0.29) is 17.5 Å². The van der Waals surface area contributed by atoms with Crippen molar-refractivity contribution < 1.29 is 4.79 Å². The third-order valence-electron chi connectivity index (χ3n) is 3.99. The molecule has 1 aromatic carbocycles. The highest BCUT2D eigenvalue weighted by Crippen LogP contribution is 2.30. The maximum Gasteiger partial charge on any atom is 0.274 e. The van der Waals surface area contributed by atoms with Crippen LogP contribution >= 0.6 is 0 Å². The van der Waals surface area contributed by atoms with E-state index < -0.39 is 0 Å². The molecule has 2 heterocycles. The summed E-state index contributed by atoms with van der Waals surface area (Å²) in [5.74, 6) is 0.106. The van der Waals surface area contributed by atoms with Gasteiger partial charge >= 0.3 is 0 Å². The molecule has 1 saturated heterocycles. The van der Waals surface area contributed by atoms with Crippen molar-refractivity contribution >= 4 is 16.9 Å². The lowest BCUT2D eigenvalue weighted by Crippen LogP contribution is -2.33. The number of rotatable bonds is 2. The van der Waals surface area contributed by atoms with Gasteiger partial charge in [0, 0.05) is 20.0 Å². The van der Waals surface area contributed by atoms with Gasteiger partial charge in [-0.2, -0.15) is 0 Å². The summed E-state index contributed by atoms with van der Waals surface area (Å²) in [4.78, 5) is 30.6. The number of aromatic nitrogens is 2. The zero-order chi connectivity index (χ0) is 14.3. The van der Waals surface area contributed by atoms with E-state index in [9.17, 15) is 9.59 Å². The number of hydrogen-bond acceptors (Lipinski definition) is 3. The van der Waals surface area contributed by atoms with Gasteiger partial charge in [0.25, 0.3) is 5.56 Å². The first-order valence-corrected chi connectivity index (χ1v) is 6.88. The fraction of sp³-hybridized carbons (Fsp3) is 0.400. The molecule has 20 heavy (non-hydrogen) atoms. The van der Waals surface area contributed by atoms with E-state index in [0.29, 0.717) is 25.1 Å². The van der Waals surface area contributed by atoms with Gasteiger partial charge in [-0.15, -0.1) is 0 Å². The predicted octanol–water partition coefficient (Wildman–Crippen LogP) is 1.62. The van der Waals surface area contributed by atoms with Crippen molar-refractivity contribution in [3.63, 3.8) is 0 Å². The monoisotopic (exact) mass is 271 g/mol. The summed E-state index contributed by atoms with van der Waals surface area (Å²) in [7, 11) is 1.75. The number of carbonyl (C=O) groups excluding carboxylic acids is 1. The molecule has 0 N–H and O–H groups in total. The molecule has 1 amide bonds. The molecule has 5 nitrogen and oxygen atoms in total. The van der Waals surface area contributed by atoms with Crippen LogP contribution in [0.15, 0.2) is 29.1 Å². The number of aryl methyl sites for hydroxylation is 1. The molecule has 0 aliphatic carbocycles. The maximum absolute atomic E-state index is 12.5. The summed E-state index contributed by atoms with van der Waals surface area (Å²) in [5, 5.41) is 0. The van der Waals surface area contributed by atoms with Gasteiger partial charge in [-0.3, -0.25) is 9.59 Å². The van der Waals surface area contributed by atoms with Crippen LogP contribution < -0.4 is 5.56 Å². The van der Waals surface area contributed by atoms with Gasteiger partial charge in [0.2, 0.25) is 5.91 Å². The van der Waals surface area contributed by atoms with Crippen LogP contribution in [0.5, 0.6) is 0 Å². The lowest BCUT2D eigenvalue weighted by atomic mass is 10.1. The van der Waals surface area contributed by atoms with Crippen LogP contribution in [0.1, 0.15) is 31.5 Å². The van der Waals surface area contributed by atoms with Crippen LogP contribution in [0.4, 0.5) is 0 Å². The number of benzene rings is 1. The highest BCUT2D eigenvalue weighted by Gasteiger charge is 2.33. The van der Waals surface area contributed by atoms with Gasteiger partial charge in [0.05, 0.1) is 17.1 Å². The van der Waals surface area contributed by atoms with Crippen molar-refractivity contribution in [1.82, 2.24) is 14.5 Å². The number of amides is 1. The minimum atomic E-state index is -0.184. The molecule has 3 rings (SSSR count). The Morgan fingerprint density at radius 2 is 2.05 bits per heavy atom. The second-order valence-electron chi connectivity index (χ2n) is 5.08. The second kappa shape index (κ2) is 4.74. The molecular formula is C15H17N3O2. The van der Waals surface area contributed by atoms with E-state index >= 15 is 0 Å². The molecule has 1 aliphatic rings. The normalized spacial score (nSPS) is 19.0. The van der Waals surface area contributed by atoms with Gasteiger partial charge < -0.3 is 9.47 Å². The molecule has 1 atom stereocenters. The molecule has 1 aliphatic heterocycles. The largest absolute Gasteiger partial charge is 0.334 e. The molecule has 0 spiro atoms. The van der Waals surface area contributed by atoms with Crippen LogP contribution in [-0.2, 0) is 11.8 Å². The van der Waals surface area contributed by atoms with E-state index in [0.717, 1.165) is 11.0 Å². The Balaban J connectivity index is 2.20. The first-order chi connectivity index (χ1) is 9.63. The van der Waals surface area contributed by atoms with Crippen LogP contribution in [0.2, 0.25) is 0 Å². The Kier molecular flexibility index (Phi) is 3.04. The van der Waals surface area contributed by atoms with Gasteiger partial charge in [-0.05, 0) is 25.5 Å². The lowest BCUT2D eigenvalue weighted by molar-refractivity contribution is -0.128. The molecule has 0 radical (unpaired) electrons. The molecular weight excluding hydrogens is 254 g/mol. The van der Waals surface area contributed by atoms with Crippen LogP contribution in [-0.4, -0.2) is 26.9 Å². The highest BCUT2D eigenvalue weighted by atomic mass is 16.2. The predicted molar refractivity (Wildman–Crippen MR) is 76.3 cm³/mol. The van der Waals surface area contributed by atoms with Crippen molar-refractivity contribution in [2.75, 3.05) is 6.54 Å². The van der Waals surface area contributed by atoms with Crippen molar-refractivity contribution in [2.45, 2.75) is 25.8 Å². The van der Waals surface area contributed by atoms with Gasteiger partial charge in [-0.25, -0.2) is 4.98 Å². The highest BCUT2D eigenvalue weighted by molar-refractivity contribution is 5.79. The molecule has 104 valence electrons. The van der Waals surface area contributed by atoms with Gasteiger partial charge in [0.15, 0.2) is 0 Å². The fourth-order valence-electron chi connectivity index (χ4n) is 2.93. The van der Waals surface area contributed by atoms with E-state index in [4.69, 9.17) is 0 Å². The summed E-state index contributed by atoms with van der Waals surface area (Å²) in [6.45, 7) is 2.54. The third kappa shape index (κ3) is 1.81. The van der Waals surface area contributed by atoms with E-state index in [2.05, 4.69) is 4.98 Å². The topological polar surface area (TPSA) is 55.2 Å². The van der Waals surface area contributed by atoms with E-state index in [1.54, 1.807) is 16.5 Å². The first-order valence-electron chi connectivity index (χ1n) is 6.88. The Hall–Kier alpha value is -2.17. The zero-order valence-electron chi connectivity index (χ0n) is 11.7. The second-order valence-corrected chi connectivity index (χ2v) is 5.08. The Labute approximate surface area is 116 Å². The SMILES string of the molecule is CCN1C(=O)CCC1c1nc2ccccc2n(C)c1=O. The third-order valence-corrected chi connectivity index (χ3v) is 3.99. The quantitative estimate of drug-likeness (QED) is 0.834. The number of likely N-dealkylation sites (tertiary alicyclic amines) is 1. The van der Waals surface area contributed by atoms with Crippen molar-refractivity contribution in [1.29, 1.82) is 0 Å². The molecule has 0 bridgehead atoms. The Morgan fingerprint density at radius 1 is 1.30 bits per heavy atom. The standard InChI is InChI=1S/C15H17N3O2/c1-3-18-12(8-9-13(18)19)14-15(20)17(2)11-7-5-4-6-10(11)16-14/h4-7,12H,3,8-9H2,1-2H3. The molecule has 1 unspecified atom stereocenters. The van der Waals surface area contributed by atoms with E-state index in [1.807, 2.05) is 31.2 Å². The Bertz CT molecular complexity index is 735.